The number of carbonyl (C=O) groups excluding carboxylic acids is 1. The standard InChI is InChI=1S/C13H10ClNO2/c14-10-6-8-12(9-7-10)15(13(16)17)11-4-2-1-3-5-11/h1-9H,(H,16,17)/p-1. The Morgan fingerprint density at radius 2 is 1.47 bits per heavy atom. The summed E-state index contributed by atoms with van der Waals surface area (Å²) < 4.78 is 0. The molecule has 0 aliphatic rings. The third-order valence-electron chi connectivity index (χ3n) is 2.28. The predicted molar refractivity (Wildman–Crippen MR) is 65.4 cm³/mol. The molecule has 0 saturated heterocycles. The number of rotatable bonds is 2. The minimum absolute atomic E-state index is 0.501. The van der Waals surface area contributed by atoms with Crippen molar-refractivity contribution in [3.05, 3.63) is 59.6 Å². The molecule has 2 rings (SSSR count). The van der Waals surface area contributed by atoms with Crippen LogP contribution in [0.15, 0.2) is 54.6 Å². The number of para-hydroxylation sites is 1. The maximum atomic E-state index is 11.2. The molecule has 2 aromatic carbocycles. The van der Waals surface area contributed by atoms with E-state index in [4.69, 9.17) is 11.6 Å². The van der Waals surface area contributed by atoms with Gasteiger partial charge in [-0.05, 0) is 36.4 Å². The SMILES string of the molecule is O=C([O-])N(c1ccccc1)c1ccc(Cl)cc1. The molecule has 0 aliphatic carbocycles. The fourth-order valence-corrected chi connectivity index (χ4v) is 1.65. The first kappa shape index (κ1) is 11.5. The van der Waals surface area contributed by atoms with Crippen LogP contribution >= 0.6 is 11.6 Å². The smallest absolute Gasteiger partial charge is 0.146 e. The van der Waals surface area contributed by atoms with Gasteiger partial charge in [-0.1, -0.05) is 29.8 Å². The summed E-state index contributed by atoms with van der Waals surface area (Å²) in [5.41, 5.74) is 1.04. The molecule has 0 saturated carbocycles. The van der Waals surface area contributed by atoms with Crippen LogP contribution in [0.4, 0.5) is 16.2 Å². The maximum absolute atomic E-state index is 11.2. The molecule has 3 nitrogen and oxygen atoms in total. The summed E-state index contributed by atoms with van der Waals surface area (Å²) in [5, 5.41) is 11.7. The molecule has 0 atom stereocenters. The number of hydrogen-bond acceptors (Lipinski definition) is 2. The van der Waals surface area contributed by atoms with E-state index in [0.717, 1.165) is 4.90 Å². The molecule has 0 unspecified atom stereocenters. The van der Waals surface area contributed by atoms with Crippen LogP contribution in [0, 0.1) is 0 Å². The van der Waals surface area contributed by atoms with Crippen molar-refractivity contribution in [3.63, 3.8) is 0 Å². The van der Waals surface area contributed by atoms with Gasteiger partial charge in [0.05, 0.1) is 0 Å². The Labute approximate surface area is 104 Å². The van der Waals surface area contributed by atoms with Crippen molar-refractivity contribution in [1.29, 1.82) is 0 Å². The lowest BCUT2D eigenvalue weighted by Crippen LogP contribution is -2.37. The van der Waals surface area contributed by atoms with Crippen LogP contribution in [0.5, 0.6) is 0 Å². The number of nitrogens with zero attached hydrogens (tertiary/aromatic N) is 1. The topological polar surface area (TPSA) is 43.4 Å². The summed E-state index contributed by atoms with van der Waals surface area (Å²) >= 11 is 5.76. The summed E-state index contributed by atoms with van der Waals surface area (Å²) in [6.45, 7) is 0. The number of hydrogen-bond donors (Lipinski definition) is 0. The zero-order chi connectivity index (χ0) is 12.3. The molecule has 0 spiro atoms. The number of carboxylic acid groups (broad SMARTS) is 1. The Hall–Kier alpha value is -2.00. The average molecular weight is 247 g/mol. The lowest BCUT2D eigenvalue weighted by molar-refractivity contribution is -0.245. The second kappa shape index (κ2) is 4.89. The Kier molecular flexibility index (Phi) is 3.30. The fraction of sp³-hybridized carbons (Fsp3) is 0. The first-order valence-corrected chi connectivity index (χ1v) is 5.38. The summed E-state index contributed by atoms with van der Waals surface area (Å²) in [7, 11) is 0. The molecular formula is C13H9ClNO2-. The van der Waals surface area contributed by atoms with Crippen LogP contribution in [-0.4, -0.2) is 6.09 Å². The zero-order valence-electron chi connectivity index (χ0n) is 8.84. The highest BCUT2D eigenvalue weighted by molar-refractivity contribution is 6.30. The molecule has 0 fully saturated rings. The van der Waals surface area contributed by atoms with Gasteiger partial charge in [-0.3, -0.25) is 4.90 Å². The van der Waals surface area contributed by atoms with Crippen LogP contribution in [-0.2, 0) is 0 Å². The van der Waals surface area contributed by atoms with Gasteiger partial charge in [0.25, 0.3) is 0 Å². The monoisotopic (exact) mass is 246 g/mol. The molecule has 0 aromatic heterocycles. The molecule has 0 N–H and O–H groups in total. The summed E-state index contributed by atoms with van der Waals surface area (Å²) in [6.07, 6.45) is -1.28. The van der Waals surface area contributed by atoms with E-state index >= 15 is 0 Å². The van der Waals surface area contributed by atoms with Gasteiger partial charge >= 0.3 is 0 Å². The Morgan fingerprint density at radius 3 is 2.00 bits per heavy atom. The van der Waals surface area contributed by atoms with Gasteiger partial charge in [0.2, 0.25) is 0 Å². The lowest BCUT2D eigenvalue weighted by atomic mass is 10.2. The first-order valence-electron chi connectivity index (χ1n) is 5.00. The molecule has 2 aromatic rings. The van der Waals surface area contributed by atoms with Gasteiger partial charge in [0.15, 0.2) is 0 Å². The van der Waals surface area contributed by atoms with Gasteiger partial charge in [-0.2, -0.15) is 0 Å². The summed E-state index contributed by atoms with van der Waals surface area (Å²) in [6, 6.07) is 15.3. The van der Waals surface area contributed by atoms with Crippen molar-refractivity contribution < 1.29 is 9.90 Å². The number of carbonyl (C=O) groups is 1. The number of halogens is 1. The molecular weight excluding hydrogens is 238 g/mol. The van der Waals surface area contributed by atoms with Crippen molar-refractivity contribution in [2.45, 2.75) is 0 Å². The van der Waals surface area contributed by atoms with E-state index in [2.05, 4.69) is 0 Å². The van der Waals surface area contributed by atoms with E-state index in [-0.39, 0.29) is 0 Å². The summed E-state index contributed by atoms with van der Waals surface area (Å²) in [4.78, 5) is 12.3. The van der Waals surface area contributed by atoms with E-state index in [0.29, 0.717) is 16.4 Å². The largest absolute Gasteiger partial charge is 0.529 e. The zero-order valence-corrected chi connectivity index (χ0v) is 9.59. The molecule has 0 heterocycles. The van der Waals surface area contributed by atoms with Crippen LogP contribution in [0.3, 0.4) is 0 Å². The van der Waals surface area contributed by atoms with Crippen LogP contribution in [0.2, 0.25) is 5.02 Å². The molecule has 0 radical (unpaired) electrons. The number of amides is 1. The molecule has 4 heteroatoms. The lowest BCUT2D eigenvalue weighted by Gasteiger charge is -2.25. The van der Waals surface area contributed by atoms with E-state index in [1.807, 2.05) is 6.07 Å². The van der Waals surface area contributed by atoms with Crippen molar-refractivity contribution in [1.82, 2.24) is 0 Å². The molecule has 17 heavy (non-hydrogen) atoms. The highest BCUT2D eigenvalue weighted by Crippen LogP contribution is 2.25. The third-order valence-corrected chi connectivity index (χ3v) is 2.53. The van der Waals surface area contributed by atoms with Gasteiger partial charge in [-0.25, -0.2) is 0 Å². The van der Waals surface area contributed by atoms with Gasteiger partial charge in [-0.15, -0.1) is 0 Å². The minimum Gasteiger partial charge on any atom is -0.529 e. The van der Waals surface area contributed by atoms with Gasteiger partial charge in [0, 0.05) is 16.4 Å². The Bertz CT molecular complexity index is 511. The summed E-state index contributed by atoms with van der Waals surface area (Å²) in [5.74, 6) is 0. The second-order valence-electron chi connectivity index (χ2n) is 3.41. The van der Waals surface area contributed by atoms with Crippen LogP contribution in [0.1, 0.15) is 0 Å². The molecule has 86 valence electrons. The van der Waals surface area contributed by atoms with Crippen molar-refractivity contribution in [2.75, 3.05) is 4.90 Å². The quantitative estimate of drug-likeness (QED) is 0.818. The van der Waals surface area contributed by atoms with E-state index in [1.165, 1.54) is 0 Å². The van der Waals surface area contributed by atoms with E-state index in [9.17, 15) is 9.90 Å². The average Bonchev–Trinajstić information content (AvgIpc) is 2.33. The van der Waals surface area contributed by atoms with Crippen molar-refractivity contribution >= 4 is 29.1 Å². The number of anilines is 2. The van der Waals surface area contributed by atoms with Crippen LogP contribution in [0.25, 0.3) is 0 Å². The normalized spacial score (nSPS) is 9.94. The Morgan fingerprint density at radius 1 is 0.941 bits per heavy atom. The number of benzene rings is 2. The third kappa shape index (κ3) is 2.57. The second-order valence-corrected chi connectivity index (χ2v) is 3.85. The van der Waals surface area contributed by atoms with Crippen molar-refractivity contribution in [2.24, 2.45) is 0 Å². The highest BCUT2D eigenvalue weighted by atomic mass is 35.5. The van der Waals surface area contributed by atoms with Gasteiger partial charge in [0.1, 0.15) is 6.09 Å². The van der Waals surface area contributed by atoms with Gasteiger partial charge < -0.3 is 9.90 Å². The van der Waals surface area contributed by atoms with Crippen molar-refractivity contribution in [3.8, 4) is 0 Å². The molecule has 1 amide bonds. The Balaban J connectivity index is 2.43. The van der Waals surface area contributed by atoms with E-state index < -0.39 is 6.09 Å². The minimum atomic E-state index is -1.28. The highest BCUT2D eigenvalue weighted by Gasteiger charge is 2.09. The molecule has 0 bridgehead atoms. The van der Waals surface area contributed by atoms with E-state index in [1.54, 1.807) is 48.5 Å². The first-order chi connectivity index (χ1) is 8.18. The fourth-order valence-electron chi connectivity index (χ4n) is 1.53. The predicted octanol–water partition coefficient (Wildman–Crippen LogP) is 2.82. The molecule has 0 aliphatic heterocycles. The van der Waals surface area contributed by atoms with Crippen LogP contribution < -0.4 is 10.0 Å². The maximum Gasteiger partial charge on any atom is 0.146 e.